The van der Waals surface area contributed by atoms with Crippen molar-refractivity contribution in [1.29, 1.82) is 0 Å². The third-order valence-electron chi connectivity index (χ3n) is 2.84. The molecule has 3 N–H and O–H groups in total. The minimum absolute atomic E-state index is 0.0442. The minimum atomic E-state index is -1.06. The molecule has 0 radical (unpaired) electrons. The number of rotatable bonds is 3. The van der Waals surface area contributed by atoms with Crippen LogP contribution in [0.25, 0.3) is 10.2 Å². The number of carboxylic acids is 1. The Morgan fingerprint density at radius 2 is 2.05 bits per heavy atom. The Labute approximate surface area is 128 Å². The number of anilines is 2. The molecule has 2 aromatic carbocycles. The molecule has 0 aliphatic carbocycles. The number of carbonyl (C=O) groups is 1. The number of nitrogens with zero attached hydrogens (tertiary/aromatic N) is 1. The van der Waals surface area contributed by atoms with Crippen LogP contribution in [-0.2, 0) is 0 Å². The fourth-order valence-corrected chi connectivity index (χ4v) is 2.99. The summed E-state index contributed by atoms with van der Waals surface area (Å²) in [4.78, 5) is 15.3. The van der Waals surface area contributed by atoms with Gasteiger partial charge in [-0.1, -0.05) is 22.9 Å². The van der Waals surface area contributed by atoms with E-state index in [9.17, 15) is 9.90 Å². The highest BCUT2D eigenvalue weighted by Crippen LogP contribution is 2.33. The van der Waals surface area contributed by atoms with E-state index in [0.29, 0.717) is 15.8 Å². The van der Waals surface area contributed by atoms with Gasteiger partial charge < -0.3 is 15.5 Å². The van der Waals surface area contributed by atoms with Crippen LogP contribution in [-0.4, -0.2) is 21.2 Å². The minimum Gasteiger partial charge on any atom is -0.506 e. The molecule has 3 aromatic rings. The van der Waals surface area contributed by atoms with Crippen LogP contribution in [0.1, 0.15) is 10.4 Å². The highest BCUT2D eigenvalue weighted by atomic mass is 35.5. The van der Waals surface area contributed by atoms with Crippen molar-refractivity contribution in [3.63, 3.8) is 0 Å². The maximum atomic E-state index is 11.0. The fraction of sp³-hybridized carbons (Fsp3) is 0. The van der Waals surface area contributed by atoms with E-state index in [1.54, 1.807) is 18.2 Å². The van der Waals surface area contributed by atoms with Gasteiger partial charge in [0.2, 0.25) is 0 Å². The van der Waals surface area contributed by atoms with Crippen molar-refractivity contribution >= 4 is 49.9 Å². The van der Waals surface area contributed by atoms with Gasteiger partial charge in [-0.25, -0.2) is 9.78 Å². The summed E-state index contributed by atoms with van der Waals surface area (Å²) in [6, 6.07) is 9.36. The number of thiazole rings is 1. The van der Waals surface area contributed by atoms with E-state index in [1.165, 1.54) is 29.5 Å². The topological polar surface area (TPSA) is 82.5 Å². The van der Waals surface area contributed by atoms with E-state index in [-0.39, 0.29) is 11.3 Å². The molecule has 106 valence electrons. The lowest BCUT2D eigenvalue weighted by atomic mass is 10.2. The molecule has 0 unspecified atom stereocenters. The van der Waals surface area contributed by atoms with Crippen molar-refractivity contribution in [2.24, 2.45) is 0 Å². The number of phenols is 1. The molecule has 3 rings (SSSR count). The molecule has 5 nitrogen and oxygen atoms in total. The van der Waals surface area contributed by atoms with Crippen molar-refractivity contribution in [1.82, 2.24) is 4.98 Å². The smallest absolute Gasteiger partial charge is 0.335 e. The highest BCUT2D eigenvalue weighted by Gasteiger charge is 2.10. The number of benzene rings is 2. The van der Waals surface area contributed by atoms with Gasteiger partial charge in [-0.15, -0.1) is 0 Å². The average molecular weight is 321 g/mol. The lowest BCUT2D eigenvalue weighted by molar-refractivity contribution is 0.0697. The monoisotopic (exact) mass is 320 g/mol. The summed E-state index contributed by atoms with van der Waals surface area (Å²) in [5.74, 6) is -1.11. The molecule has 21 heavy (non-hydrogen) atoms. The Bertz CT molecular complexity index is 847. The molecule has 7 heteroatoms. The van der Waals surface area contributed by atoms with E-state index < -0.39 is 5.97 Å². The van der Waals surface area contributed by atoms with Crippen LogP contribution < -0.4 is 5.32 Å². The summed E-state index contributed by atoms with van der Waals surface area (Å²) >= 11 is 7.29. The average Bonchev–Trinajstić information content (AvgIpc) is 2.82. The molecule has 0 saturated heterocycles. The zero-order valence-electron chi connectivity index (χ0n) is 10.5. The number of aromatic carboxylic acids is 1. The molecule has 0 amide bonds. The van der Waals surface area contributed by atoms with Gasteiger partial charge in [-0.3, -0.25) is 0 Å². The van der Waals surface area contributed by atoms with Crippen LogP contribution in [0.5, 0.6) is 5.75 Å². The molecular formula is C14H9ClN2O3S. The number of aromatic hydroxyl groups is 1. The van der Waals surface area contributed by atoms with E-state index >= 15 is 0 Å². The van der Waals surface area contributed by atoms with Gasteiger partial charge in [0.1, 0.15) is 5.75 Å². The molecule has 1 aromatic heterocycles. The van der Waals surface area contributed by atoms with Crippen molar-refractivity contribution in [2.45, 2.75) is 0 Å². The number of carboxylic acid groups (broad SMARTS) is 1. The first-order chi connectivity index (χ1) is 10.0. The summed E-state index contributed by atoms with van der Waals surface area (Å²) in [6.07, 6.45) is 0. The molecule has 0 saturated carbocycles. The Morgan fingerprint density at radius 1 is 1.24 bits per heavy atom. The van der Waals surface area contributed by atoms with E-state index in [4.69, 9.17) is 16.7 Å². The number of nitrogens with one attached hydrogen (secondary N) is 1. The first-order valence-electron chi connectivity index (χ1n) is 5.92. The summed E-state index contributed by atoms with van der Waals surface area (Å²) in [5, 5.41) is 22.9. The van der Waals surface area contributed by atoms with Crippen molar-refractivity contribution in [2.75, 3.05) is 5.32 Å². The first kappa shape index (κ1) is 13.7. The Morgan fingerprint density at radius 3 is 2.81 bits per heavy atom. The number of hydrogen-bond donors (Lipinski definition) is 3. The predicted octanol–water partition coefficient (Wildman–Crippen LogP) is 4.10. The number of hydrogen-bond acceptors (Lipinski definition) is 5. The quantitative estimate of drug-likeness (QED) is 0.633. The summed E-state index contributed by atoms with van der Waals surface area (Å²) < 4.78 is 0.902. The summed E-state index contributed by atoms with van der Waals surface area (Å²) in [5.41, 5.74) is 1.15. The molecule has 0 atom stereocenters. The SMILES string of the molecule is O=C(O)c1ccc(O)c(Nc2nc3ccc(Cl)cc3s2)c1. The Hall–Kier alpha value is -2.31. The first-order valence-corrected chi connectivity index (χ1v) is 7.12. The van der Waals surface area contributed by atoms with Gasteiger partial charge >= 0.3 is 5.97 Å². The number of fused-ring (bicyclic) bond motifs is 1. The largest absolute Gasteiger partial charge is 0.506 e. The lowest BCUT2D eigenvalue weighted by Crippen LogP contribution is -1.98. The molecule has 0 spiro atoms. The molecule has 0 aliphatic heterocycles. The fourth-order valence-electron chi connectivity index (χ4n) is 1.84. The second-order valence-electron chi connectivity index (χ2n) is 4.29. The Balaban J connectivity index is 1.98. The van der Waals surface area contributed by atoms with E-state index in [0.717, 1.165) is 10.2 Å². The van der Waals surface area contributed by atoms with E-state index in [1.807, 2.05) is 0 Å². The normalized spacial score (nSPS) is 10.7. The van der Waals surface area contributed by atoms with Crippen molar-refractivity contribution in [3.8, 4) is 5.75 Å². The highest BCUT2D eigenvalue weighted by molar-refractivity contribution is 7.22. The Kier molecular flexibility index (Phi) is 3.40. The predicted molar refractivity (Wildman–Crippen MR) is 83.0 cm³/mol. The standard InChI is InChI=1S/C14H9ClN2O3S/c15-8-2-3-9-12(6-8)21-14(16-9)17-10-5-7(13(19)20)1-4-11(10)18/h1-6,18H,(H,16,17)(H,19,20). The zero-order valence-corrected chi connectivity index (χ0v) is 12.1. The number of phenolic OH excluding ortho intramolecular Hbond substituents is 1. The summed E-state index contributed by atoms with van der Waals surface area (Å²) in [7, 11) is 0. The van der Waals surface area contributed by atoms with E-state index in [2.05, 4.69) is 10.3 Å². The van der Waals surface area contributed by atoms with Crippen molar-refractivity contribution < 1.29 is 15.0 Å². The van der Waals surface area contributed by atoms with Crippen LogP contribution in [0.2, 0.25) is 5.02 Å². The molecule has 1 heterocycles. The van der Waals surface area contributed by atoms with Gasteiger partial charge in [0.15, 0.2) is 5.13 Å². The van der Waals surface area contributed by atoms with Crippen LogP contribution in [0.4, 0.5) is 10.8 Å². The van der Waals surface area contributed by atoms with Gasteiger partial charge in [0.25, 0.3) is 0 Å². The van der Waals surface area contributed by atoms with Gasteiger partial charge in [0.05, 0.1) is 21.5 Å². The van der Waals surface area contributed by atoms with Crippen LogP contribution in [0.3, 0.4) is 0 Å². The number of halogens is 1. The third kappa shape index (κ3) is 2.76. The molecule has 0 aliphatic rings. The number of aromatic nitrogens is 1. The van der Waals surface area contributed by atoms with Gasteiger partial charge in [-0.2, -0.15) is 0 Å². The van der Waals surface area contributed by atoms with Gasteiger partial charge in [0, 0.05) is 5.02 Å². The second-order valence-corrected chi connectivity index (χ2v) is 5.76. The van der Waals surface area contributed by atoms with Crippen LogP contribution in [0, 0.1) is 0 Å². The van der Waals surface area contributed by atoms with Crippen molar-refractivity contribution in [3.05, 3.63) is 47.0 Å². The zero-order chi connectivity index (χ0) is 15.0. The van der Waals surface area contributed by atoms with Crippen LogP contribution in [0.15, 0.2) is 36.4 Å². The van der Waals surface area contributed by atoms with Gasteiger partial charge in [-0.05, 0) is 36.4 Å². The third-order valence-corrected chi connectivity index (χ3v) is 4.00. The lowest BCUT2D eigenvalue weighted by Gasteiger charge is -2.06. The molecule has 0 bridgehead atoms. The second kappa shape index (κ2) is 5.23. The maximum absolute atomic E-state index is 11.0. The maximum Gasteiger partial charge on any atom is 0.335 e. The van der Waals surface area contributed by atoms with Crippen LogP contribution >= 0.6 is 22.9 Å². The summed E-state index contributed by atoms with van der Waals surface area (Å²) in [6.45, 7) is 0. The molecule has 0 fully saturated rings. The molecular weight excluding hydrogens is 312 g/mol.